The molecule has 0 fully saturated rings. The number of rotatable bonds is 5. The van der Waals surface area contributed by atoms with Crippen LogP contribution in [0.4, 0.5) is 5.13 Å². The topological polar surface area (TPSA) is 73.3 Å². The molecule has 2 heterocycles. The van der Waals surface area contributed by atoms with Crippen LogP contribution < -0.4 is 14.8 Å². The minimum absolute atomic E-state index is 0.157. The molecule has 1 amide bonds. The summed E-state index contributed by atoms with van der Waals surface area (Å²) in [5.74, 6) is 1.56. The highest BCUT2D eigenvalue weighted by Gasteiger charge is 2.32. The normalized spacial score (nSPS) is 12.4. The largest absolute Gasteiger partial charge is 0.497 e. The Morgan fingerprint density at radius 3 is 2.26 bits per heavy atom. The zero-order valence-electron chi connectivity index (χ0n) is 16.7. The molecule has 4 aromatic rings. The number of aromatic nitrogens is 2. The Morgan fingerprint density at radius 1 is 0.968 bits per heavy atom. The second kappa shape index (κ2) is 8.20. The first-order chi connectivity index (χ1) is 15.2. The monoisotopic (exact) mass is 429 g/mol. The average molecular weight is 430 g/mol. The molecule has 0 radical (unpaired) electrons. The van der Waals surface area contributed by atoms with E-state index >= 15 is 0 Å². The van der Waals surface area contributed by atoms with Gasteiger partial charge in [0.05, 0.1) is 13.0 Å². The van der Waals surface area contributed by atoms with Gasteiger partial charge in [0.15, 0.2) is 0 Å². The van der Waals surface area contributed by atoms with Gasteiger partial charge in [-0.1, -0.05) is 59.9 Å². The van der Waals surface area contributed by atoms with Crippen LogP contribution in [0.2, 0.25) is 0 Å². The van der Waals surface area contributed by atoms with Crippen LogP contribution in [0.25, 0.3) is 0 Å². The number of hydrogen-bond donors (Lipinski definition) is 1. The number of hydrogen-bond acceptors (Lipinski definition) is 6. The van der Waals surface area contributed by atoms with Crippen molar-refractivity contribution in [2.75, 3.05) is 12.4 Å². The van der Waals surface area contributed by atoms with Gasteiger partial charge in [-0.25, -0.2) is 0 Å². The summed E-state index contributed by atoms with van der Waals surface area (Å²) < 4.78 is 11.2. The van der Waals surface area contributed by atoms with E-state index in [0.29, 0.717) is 23.1 Å². The summed E-state index contributed by atoms with van der Waals surface area (Å²) >= 11 is 1.38. The Morgan fingerprint density at radius 2 is 1.61 bits per heavy atom. The molecule has 0 unspecified atom stereocenters. The number of carbonyl (C=O) groups excluding carboxylic acids is 1. The Hall–Kier alpha value is -3.71. The van der Waals surface area contributed by atoms with Crippen LogP contribution in [-0.2, 0) is 11.2 Å². The molecule has 31 heavy (non-hydrogen) atoms. The summed E-state index contributed by atoms with van der Waals surface area (Å²) in [5, 5.41) is 12.7. The van der Waals surface area contributed by atoms with Crippen molar-refractivity contribution >= 4 is 22.4 Å². The first-order valence-corrected chi connectivity index (χ1v) is 10.6. The second-order valence-corrected chi connectivity index (χ2v) is 8.19. The minimum Gasteiger partial charge on any atom is -0.497 e. The molecule has 1 aliphatic rings. The van der Waals surface area contributed by atoms with Crippen LogP contribution in [0.15, 0.2) is 72.8 Å². The van der Waals surface area contributed by atoms with Crippen LogP contribution in [0, 0.1) is 0 Å². The van der Waals surface area contributed by atoms with E-state index in [-0.39, 0.29) is 5.91 Å². The maximum absolute atomic E-state index is 13.3. The number of benzene rings is 3. The van der Waals surface area contributed by atoms with Gasteiger partial charge in [0.2, 0.25) is 11.0 Å². The van der Waals surface area contributed by atoms with Crippen molar-refractivity contribution in [3.05, 3.63) is 94.5 Å². The Bertz CT molecular complexity index is 1190. The van der Waals surface area contributed by atoms with Crippen LogP contribution in [0.3, 0.4) is 0 Å². The van der Waals surface area contributed by atoms with Crippen molar-refractivity contribution in [1.82, 2.24) is 10.2 Å². The molecule has 1 aliphatic heterocycles. The summed E-state index contributed by atoms with van der Waals surface area (Å²) in [6.45, 7) is 0. The van der Waals surface area contributed by atoms with Gasteiger partial charge >= 0.3 is 0 Å². The van der Waals surface area contributed by atoms with Gasteiger partial charge in [0.1, 0.15) is 22.3 Å². The highest BCUT2D eigenvalue weighted by molar-refractivity contribution is 7.15. The van der Waals surface area contributed by atoms with Crippen LogP contribution in [0.1, 0.15) is 27.6 Å². The third kappa shape index (κ3) is 3.87. The number of nitrogens with one attached hydrogen (secondary N) is 1. The standard InChI is InChI=1S/C24H19N3O3S/c1-29-16-12-10-15(11-13-16)14-21-26-27-24(31-21)25-23(28)22-17-6-2-4-8-19(17)30-20-9-5-3-7-18(20)22/h2-13,22H,14H2,1H3,(H,25,27,28). The Labute approximate surface area is 183 Å². The molecule has 0 spiro atoms. The van der Waals surface area contributed by atoms with Crippen LogP contribution in [-0.4, -0.2) is 23.2 Å². The third-order valence-corrected chi connectivity index (χ3v) is 5.99. The van der Waals surface area contributed by atoms with E-state index in [4.69, 9.17) is 9.47 Å². The van der Waals surface area contributed by atoms with Crippen molar-refractivity contribution in [1.29, 1.82) is 0 Å². The fourth-order valence-electron chi connectivity index (χ4n) is 3.66. The third-order valence-electron chi connectivity index (χ3n) is 5.15. The number of carbonyl (C=O) groups is 1. The number of methoxy groups -OCH3 is 1. The predicted molar refractivity (Wildman–Crippen MR) is 119 cm³/mol. The van der Waals surface area contributed by atoms with E-state index in [1.165, 1.54) is 11.3 Å². The van der Waals surface area contributed by atoms with Gasteiger partial charge in [-0.15, -0.1) is 10.2 Å². The van der Waals surface area contributed by atoms with Gasteiger partial charge in [-0.2, -0.15) is 0 Å². The number of amides is 1. The number of nitrogens with zero attached hydrogens (tertiary/aromatic N) is 2. The highest BCUT2D eigenvalue weighted by Crippen LogP contribution is 2.44. The van der Waals surface area contributed by atoms with Gasteiger partial charge < -0.3 is 9.47 Å². The first kappa shape index (κ1) is 19.3. The molecule has 0 saturated heterocycles. The fourth-order valence-corrected chi connectivity index (χ4v) is 4.44. The van der Waals surface area contributed by atoms with Gasteiger partial charge in [-0.3, -0.25) is 10.1 Å². The number of ether oxygens (including phenoxy) is 2. The molecule has 154 valence electrons. The van der Waals surface area contributed by atoms with Gasteiger partial charge in [0.25, 0.3) is 0 Å². The molecule has 0 bridgehead atoms. The summed E-state index contributed by atoms with van der Waals surface area (Å²) in [5.41, 5.74) is 2.77. The van der Waals surface area contributed by atoms with Crippen molar-refractivity contribution in [3.63, 3.8) is 0 Å². The summed E-state index contributed by atoms with van der Waals surface area (Å²) in [4.78, 5) is 13.3. The molecule has 1 N–H and O–H groups in total. The summed E-state index contributed by atoms with van der Waals surface area (Å²) in [7, 11) is 1.64. The van der Waals surface area contributed by atoms with E-state index in [0.717, 1.165) is 27.4 Å². The highest BCUT2D eigenvalue weighted by atomic mass is 32.1. The van der Waals surface area contributed by atoms with E-state index in [1.807, 2.05) is 72.8 Å². The Balaban J connectivity index is 1.36. The van der Waals surface area contributed by atoms with Gasteiger partial charge in [-0.05, 0) is 29.8 Å². The molecule has 7 heteroatoms. The zero-order valence-corrected chi connectivity index (χ0v) is 17.6. The Kier molecular flexibility index (Phi) is 5.09. The maximum Gasteiger partial charge on any atom is 0.238 e. The van der Waals surface area contributed by atoms with E-state index in [2.05, 4.69) is 15.5 Å². The minimum atomic E-state index is -0.477. The lowest BCUT2D eigenvalue weighted by Crippen LogP contribution is -2.25. The molecule has 0 aliphatic carbocycles. The van der Waals surface area contributed by atoms with E-state index in [1.54, 1.807) is 7.11 Å². The lowest BCUT2D eigenvalue weighted by atomic mass is 9.87. The van der Waals surface area contributed by atoms with Crippen LogP contribution >= 0.6 is 11.3 Å². The molecule has 5 rings (SSSR count). The molecule has 6 nitrogen and oxygen atoms in total. The second-order valence-electron chi connectivity index (χ2n) is 7.13. The molecule has 1 aromatic heterocycles. The number of anilines is 1. The van der Waals surface area contributed by atoms with E-state index < -0.39 is 5.92 Å². The smallest absolute Gasteiger partial charge is 0.238 e. The van der Waals surface area contributed by atoms with Crippen molar-refractivity contribution < 1.29 is 14.3 Å². The van der Waals surface area contributed by atoms with Crippen LogP contribution in [0.5, 0.6) is 17.2 Å². The molecular weight excluding hydrogens is 410 g/mol. The molecular formula is C24H19N3O3S. The lowest BCUT2D eigenvalue weighted by molar-refractivity contribution is -0.116. The molecule has 0 saturated carbocycles. The average Bonchev–Trinajstić information content (AvgIpc) is 3.24. The van der Waals surface area contributed by atoms with Crippen molar-refractivity contribution in [2.45, 2.75) is 12.3 Å². The lowest BCUT2D eigenvalue weighted by Gasteiger charge is -2.27. The number of fused-ring (bicyclic) bond motifs is 2. The van der Waals surface area contributed by atoms with E-state index in [9.17, 15) is 4.79 Å². The quantitative estimate of drug-likeness (QED) is 0.483. The molecule has 0 atom stereocenters. The molecule has 3 aromatic carbocycles. The summed E-state index contributed by atoms with van der Waals surface area (Å²) in [6, 6.07) is 23.0. The predicted octanol–water partition coefficient (Wildman–Crippen LogP) is 5.01. The first-order valence-electron chi connectivity index (χ1n) is 9.83. The van der Waals surface area contributed by atoms with Gasteiger partial charge in [0, 0.05) is 17.5 Å². The maximum atomic E-state index is 13.3. The SMILES string of the molecule is COc1ccc(Cc2nnc(NC(=O)C3c4ccccc4Oc4ccccc43)s2)cc1. The summed E-state index contributed by atoms with van der Waals surface area (Å²) in [6.07, 6.45) is 0.639. The van der Waals surface area contributed by atoms with Crippen molar-refractivity contribution in [3.8, 4) is 17.2 Å². The fraction of sp³-hybridized carbons (Fsp3) is 0.125. The number of para-hydroxylation sites is 2. The zero-order chi connectivity index (χ0) is 21.2. The van der Waals surface area contributed by atoms with Crippen molar-refractivity contribution in [2.24, 2.45) is 0 Å².